The van der Waals surface area contributed by atoms with Crippen LogP contribution in [0.25, 0.3) is 0 Å². The molecule has 6 nitrogen and oxygen atoms in total. The molecule has 0 amide bonds. The molecule has 0 bridgehead atoms. The largest absolute Gasteiger partial charge is 0.394 e. The average molecular weight is 215 g/mol. The first kappa shape index (κ1) is 12.1. The Bertz CT molecular complexity index is 290. The van der Waals surface area contributed by atoms with Crippen molar-refractivity contribution in [2.75, 3.05) is 13.7 Å². The molecule has 0 spiro atoms. The summed E-state index contributed by atoms with van der Waals surface area (Å²) in [6.45, 7) is 1.83. The van der Waals surface area contributed by atoms with E-state index in [9.17, 15) is 0 Å². The Hall–Kier alpha value is -0.980. The molecule has 0 aliphatic rings. The summed E-state index contributed by atoms with van der Waals surface area (Å²) in [6, 6.07) is -0.620. The fourth-order valence-corrected chi connectivity index (χ4v) is 1.22. The predicted octanol–water partition coefficient (Wildman–Crippen LogP) is 0.549. The van der Waals surface area contributed by atoms with Gasteiger partial charge in [-0.25, -0.2) is 0 Å². The summed E-state index contributed by atoms with van der Waals surface area (Å²) >= 11 is 0. The number of ether oxygens (including phenoxy) is 1. The van der Waals surface area contributed by atoms with Gasteiger partial charge in [-0.2, -0.15) is 4.98 Å². The van der Waals surface area contributed by atoms with E-state index >= 15 is 0 Å². The number of hydrogen-bond acceptors (Lipinski definition) is 6. The van der Waals surface area contributed by atoms with Gasteiger partial charge >= 0.3 is 0 Å². The highest BCUT2D eigenvalue weighted by molar-refractivity contribution is 4.94. The van der Waals surface area contributed by atoms with Crippen molar-refractivity contribution in [2.45, 2.75) is 31.9 Å². The molecule has 0 saturated heterocycles. The lowest BCUT2D eigenvalue weighted by Crippen LogP contribution is -2.15. The lowest BCUT2D eigenvalue weighted by molar-refractivity contribution is 0.0854. The molecule has 2 unspecified atom stereocenters. The van der Waals surface area contributed by atoms with Gasteiger partial charge in [0.1, 0.15) is 12.1 Å². The molecule has 86 valence electrons. The second-order valence-electron chi connectivity index (χ2n) is 3.29. The Balaban J connectivity index is 2.72. The number of aromatic nitrogens is 2. The SMILES string of the molecule is CCCC(OC)c1noc(C(N)CO)n1. The first-order valence-corrected chi connectivity index (χ1v) is 4.95. The van der Waals surface area contributed by atoms with Crippen LogP contribution in [0.3, 0.4) is 0 Å². The zero-order valence-electron chi connectivity index (χ0n) is 9.01. The monoisotopic (exact) mass is 215 g/mol. The van der Waals surface area contributed by atoms with E-state index < -0.39 is 6.04 Å². The highest BCUT2D eigenvalue weighted by atomic mass is 16.5. The Morgan fingerprint density at radius 3 is 2.87 bits per heavy atom. The van der Waals surface area contributed by atoms with Crippen LogP contribution in [0, 0.1) is 0 Å². The molecule has 1 aromatic heterocycles. The molecule has 0 aliphatic carbocycles. The van der Waals surface area contributed by atoms with Crippen molar-refractivity contribution in [3.05, 3.63) is 11.7 Å². The lowest BCUT2D eigenvalue weighted by atomic mass is 10.2. The number of rotatable bonds is 6. The van der Waals surface area contributed by atoms with Gasteiger partial charge in [-0.3, -0.25) is 0 Å². The summed E-state index contributed by atoms with van der Waals surface area (Å²) in [5.41, 5.74) is 5.54. The minimum absolute atomic E-state index is 0.168. The van der Waals surface area contributed by atoms with E-state index in [0.717, 1.165) is 12.8 Å². The maximum absolute atomic E-state index is 8.81. The van der Waals surface area contributed by atoms with Gasteiger partial charge in [-0.15, -0.1) is 0 Å². The number of hydrogen-bond donors (Lipinski definition) is 2. The normalized spacial score (nSPS) is 15.2. The second kappa shape index (κ2) is 5.79. The van der Waals surface area contributed by atoms with Crippen LogP contribution in [0.1, 0.15) is 43.6 Å². The molecule has 0 saturated carbocycles. The third-order valence-corrected chi connectivity index (χ3v) is 2.09. The number of aliphatic hydroxyl groups excluding tert-OH is 1. The number of nitrogens with two attached hydrogens (primary N) is 1. The van der Waals surface area contributed by atoms with Crippen LogP contribution in [0.15, 0.2) is 4.52 Å². The zero-order chi connectivity index (χ0) is 11.3. The van der Waals surface area contributed by atoms with Crippen LogP contribution in [0.5, 0.6) is 0 Å². The van der Waals surface area contributed by atoms with E-state index in [2.05, 4.69) is 10.1 Å². The van der Waals surface area contributed by atoms with Gasteiger partial charge in [-0.1, -0.05) is 18.5 Å². The topological polar surface area (TPSA) is 94.4 Å². The van der Waals surface area contributed by atoms with Gasteiger partial charge in [0.25, 0.3) is 0 Å². The van der Waals surface area contributed by atoms with Crippen molar-refractivity contribution >= 4 is 0 Å². The number of aliphatic hydroxyl groups is 1. The van der Waals surface area contributed by atoms with Crippen molar-refractivity contribution in [2.24, 2.45) is 5.73 Å². The molecule has 2 atom stereocenters. The minimum atomic E-state index is -0.620. The van der Waals surface area contributed by atoms with Crippen molar-refractivity contribution in [1.82, 2.24) is 10.1 Å². The average Bonchev–Trinajstić information content (AvgIpc) is 2.73. The van der Waals surface area contributed by atoms with Crippen LogP contribution < -0.4 is 5.73 Å². The van der Waals surface area contributed by atoms with Crippen LogP contribution in [-0.2, 0) is 4.74 Å². The van der Waals surface area contributed by atoms with Gasteiger partial charge in [0.15, 0.2) is 0 Å². The maximum Gasteiger partial charge on any atom is 0.246 e. The maximum atomic E-state index is 8.81. The molecular weight excluding hydrogens is 198 g/mol. The molecule has 0 aromatic carbocycles. The van der Waals surface area contributed by atoms with Gasteiger partial charge < -0.3 is 20.1 Å². The minimum Gasteiger partial charge on any atom is -0.394 e. The van der Waals surface area contributed by atoms with Crippen molar-refractivity contribution in [3.63, 3.8) is 0 Å². The fourth-order valence-electron chi connectivity index (χ4n) is 1.22. The Morgan fingerprint density at radius 1 is 1.60 bits per heavy atom. The van der Waals surface area contributed by atoms with Crippen molar-refractivity contribution in [1.29, 1.82) is 0 Å². The van der Waals surface area contributed by atoms with Crippen LogP contribution in [0.4, 0.5) is 0 Å². The Kier molecular flexibility index (Phi) is 4.67. The Labute approximate surface area is 88.4 Å². The van der Waals surface area contributed by atoms with Gasteiger partial charge in [0.05, 0.1) is 6.61 Å². The molecule has 15 heavy (non-hydrogen) atoms. The van der Waals surface area contributed by atoms with Gasteiger partial charge in [-0.05, 0) is 6.42 Å². The molecule has 1 rings (SSSR count). The summed E-state index contributed by atoms with van der Waals surface area (Å²) in [4.78, 5) is 4.08. The van der Waals surface area contributed by atoms with E-state index in [-0.39, 0.29) is 18.6 Å². The molecule has 6 heteroatoms. The van der Waals surface area contributed by atoms with Gasteiger partial charge in [0, 0.05) is 7.11 Å². The lowest BCUT2D eigenvalue weighted by Gasteiger charge is -2.08. The van der Waals surface area contributed by atoms with Crippen LogP contribution >= 0.6 is 0 Å². The smallest absolute Gasteiger partial charge is 0.246 e. The van der Waals surface area contributed by atoms with Gasteiger partial charge in [0.2, 0.25) is 11.7 Å². The fraction of sp³-hybridized carbons (Fsp3) is 0.778. The number of nitrogens with zero attached hydrogens (tertiary/aromatic N) is 2. The molecule has 1 aromatic rings. The van der Waals surface area contributed by atoms with Crippen molar-refractivity contribution < 1.29 is 14.4 Å². The summed E-state index contributed by atoms with van der Waals surface area (Å²) in [5, 5.41) is 12.6. The highest BCUT2D eigenvalue weighted by Gasteiger charge is 2.19. The second-order valence-corrected chi connectivity index (χ2v) is 3.29. The third kappa shape index (κ3) is 2.98. The highest BCUT2D eigenvalue weighted by Crippen LogP contribution is 2.20. The van der Waals surface area contributed by atoms with E-state index in [1.54, 1.807) is 7.11 Å². The molecular formula is C9H17N3O3. The molecule has 1 heterocycles. The first-order chi connectivity index (χ1) is 7.22. The van der Waals surface area contributed by atoms with Crippen molar-refractivity contribution in [3.8, 4) is 0 Å². The van der Waals surface area contributed by atoms with E-state index in [1.807, 2.05) is 6.92 Å². The zero-order valence-corrected chi connectivity index (χ0v) is 9.01. The van der Waals surface area contributed by atoms with Crippen LogP contribution in [0.2, 0.25) is 0 Å². The predicted molar refractivity (Wildman–Crippen MR) is 53.0 cm³/mol. The standard InChI is InChI=1S/C9H17N3O3/c1-3-4-7(14-2)8-11-9(15-12-8)6(10)5-13/h6-7,13H,3-5,10H2,1-2H3. The van der Waals surface area contributed by atoms with Crippen LogP contribution in [-0.4, -0.2) is 29.0 Å². The van der Waals surface area contributed by atoms with E-state index in [4.69, 9.17) is 20.1 Å². The summed E-state index contributed by atoms with van der Waals surface area (Å²) in [6.07, 6.45) is 1.62. The summed E-state index contributed by atoms with van der Waals surface area (Å²) < 4.78 is 10.1. The third-order valence-electron chi connectivity index (χ3n) is 2.09. The summed E-state index contributed by atoms with van der Waals surface area (Å²) in [5.74, 6) is 0.726. The van der Waals surface area contributed by atoms with E-state index in [1.165, 1.54) is 0 Å². The summed E-state index contributed by atoms with van der Waals surface area (Å²) in [7, 11) is 1.60. The molecule has 0 fully saturated rings. The molecule has 3 N–H and O–H groups in total. The molecule has 0 aliphatic heterocycles. The first-order valence-electron chi connectivity index (χ1n) is 4.95. The molecule has 0 radical (unpaired) electrons. The Morgan fingerprint density at radius 2 is 2.33 bits per heavy atom. The van der Waals surface area contributed by atoms with E-state index in [0.29, 0.717) is 5.82 Å². The quantitative estimate of drug-likeness (QED) is 0.719. The number of methoxy groups -OCH3 is 1.